The van der Waals surface area contributed by atoms with Gasteiger partial charge < -0.3 is 4.79 Å². The Morgan fingerprint density at radius 2 is 2.14 bits per heavy atom. The highest BCUT2D eigenvalue weighted by Crippen LogP contribution is 2.23. The number of aldehydes is 1. The molecule has 42 valence electrons. The first-order valence-electron chi connectivity index (χ1n) is 2.35. The van der Waals surface area contributed by atoms with E-state index in [1.807, 2.05) is 0 Å². The van der Waals surface area contributed by atoms with Crippen molar-refractivity contribution >= 4 is 14.2 Å². The van der Waals surface area contributed by atoms with Gasteiger partial charge >= 0.3 is 0 Å². The van der Waals surface area contributed by atoms with Crippen LogP contribution < -0.4 is 0 Å². The zero-order valence-corrected chi connectivity index (χ0v) is 5.74. The second kappa shape index (κ2) is 4.26. The molecule has 7 heavy (non-hydrogen) atoms. The molecule has 0 aromatic heterocycles. The van der Waals surface area contributed by atoms with Gasteiger partial charge in [0, 0.05) is 6.42 Å². The Bertz CT molecular complexity index is 52.0. The van der Waals surface area contributed by atoms with Crippen LogP contribution >= 0.6 is 7.92 Å². The molecule has 0 unspecified atom stereocenters. The lowest BCUT2D eigenvalue weighted by molar-refractivity contribution is -0.107. The summed E-state index contributed by atoms with van der Waals surface area (Å²) in [7, 11) is 0.162. The van der Waals surface area contributed by atoms with Crippen molar-refractivity contribution in [2.45, 2.75) is 6.42 Å². The molecular weight excluding hydrogens is 107 g/mol. The van der Waals surface area contributed by atoms with Crippen molar-refractivity contribution in [2.75, 3.05) is 19.5 Å². The fourth-order valence-corrected chi connectivity index (χ4v) is 0.933. The molecule has 2 heteroatoms. The molecule has 0 aliphatic carbocycles. The molecule has 0 N–H and O–H groups in total. The summed E-state index contributed by atoms with van der Waals surface area (Å²) in [6, 6.07) is 0. The van der Waals surface area contributed by atoms with Crippen LogP contribution in [0.4, 0.5) is 0 Å². The summed E-state index contributed by atoms with van der Waals surface area (Å²) in [5.41, 5.74) is 0. The highest BCUT2D eigenvalue weighted by molar-refractivity contribution is 7.55. The third-order valence-electron chi connectivity index (χ3n) is 0.694. The van der Waals surface area contributed by atoms with Crippen molar-refractivity contribution < 1.29 is 4.79 Å². The standard InChI is InChI=1S/C5H11OP/c1-7(2)5-3-4-6/h4H,3,5H2,1-2H3. The van der Waals surface area contributed by atoms with Crippen LogP contribution in [0.2, 0.25) is 0 Å². The smallest absolute Gasteiger partial charge is 0.120 e. The Labute approximate surface area is 45.9 Å². The van der Waals surface area contributed by atoms with E-state index in [1.54, 1.807) is 0 Å². The highest BCUT2D eigenvalue weighted by atomic mass is 31.1. The maximum absolute atomic E-state index is 9.72. The largest absolute Gasteiger partial charge is 0.303 e. The minimum atomic E-state index is 0.162. The predicted octanol–water partition coefficient (Wildman–Crippen LogP) is 1.32. The SMILES string of the molecule is CP(C)CCC=O. The molecule has 0 amide bonds. The molecule has 0 heterocycles. The Hall–Kier alpha value is 0.100. The number of hydrogen-bond acceptors (Lipinski definition) is 1. The third-order valence-corrected chi connectivity index (χ3v) is 1.85. The van der Waals surface area contributed by atoms with Gasteiger partial charge in [0.1, 0.15) is 6.29 Å². The first-order chi connectivity index (χ1) is 3.27. The fraction of sp³-hybridized carbons (Fsp3) is 0.800. The van der Waals surface area contributed by atoms with Crippen molar-refractivity contribution in [1.29, 1.82) is 0 Å². The van der Waals surface area contributed by atoms with Gasteiger partial charge in [-0.2, -0.15) is 0 Å². The maximum atomic E-state index is 9.72. The van der Waals surface area contributed by atoms with Gasteiger partial charge in [0.25, 0.3) is 0 Å². The van der Waals surface area contributed by atoms with Crippen LogP contribution in [0.25, 0.3) is 0 Å². The van der Waals surface area contributed by atoms with Crippen LogP contribution in [-0.2, 0) is 4.79 Å². The van der Waals surface area contributed by atoms with E-state index in [9.17, 15) is 4.79 Å². The second-order valence-electron chi connectivity index (χ2n) is 1.76. The van der Waals surface area contributed by atoms with Gasteiger partial charge in [-0.1, -0.05) is 0 Å². The highest BCUT2D eigenvalue weighted by Gasteiger charge is 1.87. The van der Waals surface area contributed by atoms with E-state index in [4.69, 9.17) is 0 Å². The summed E-state index contributed by atoms with van der Waals surface area (Å²) in [5.74, 6) is 0. The van der Waals surface area contributed by atoms with Crippen molar-refractivity contribution in [1.82, 2.24) is 0 Å². The van der Waals surface area contributed by atoms with Crippen LogP contribution in [0.15, 0.2) is 0 Å². The lowest BCUT2D eigenvalue weighted by Gasteiger charge is -1.96. The van der Waals surface area contributed by atoms with Gasteiger partial charge in [-0.15, -0.1) is 7.92 Å². The maximum Gasteiger partial charge on any atom is 0.120 e. The summed E-state index contributed by atoms with van der Waals surface area (Å²) >= 11 is 0. The number of hydrogen-bond donors (Lipinski definition) is 0. The number of carbonyl (C=O) groups is 1. The average Bonchev–Trinajstić information content (AvgIpc) is 1.61. The van der Waals surface area contributed by atoms with E-state index in [-0.39, 0.29) is 7.92 Å². The predicted molar refractivity (Wildman–Crippen MR) is 34.3 cm³/mol. The molecule has 1 nitrogen and oxygen atoms in total. The Kier molecular flexibility index (Phi) is 4.32. The van der Waals surface area contributed by atoms with Crippen LogP contribution in [0.3, 0.4) is 0 Å². The van der Waals surface area contributed by atoms with Gasteiger partial charge in [-0.05, 0) is 19.5 Å². The first kappa shape index (κ1) is 7.10. The molecule has 0 fully saturated rings. The molecule has 0 saturated carbocycles. The van der Waals surface area contributed by atoms with E-state index in [1.165, 1.54) is 0 Å². The minimum absolute atomic E-state index is 0.162. The van der Waals surface area contributed by atoms with Crippen LogP contribution in [0, 0.1) is 0 Å². The monoisotopic (exact) mass is 118 g/mol. The van der Waals surface area contributed by atoms with Gasteiger partial charge in [-0.3, -0.25) is 0 Å². The number of rotatable bonds is 3. The van der Waals surface area contributed by atoms with Crippen LogP contribution in [0.5, 0.6) is 0 Å². The van der Waals surface area contributed by atoms with E-state index >= 15 is 0 Å². The first-order valence-corrected chi connectivity index (χ1v) is 4.78. The van der Waals surface area contributed by atoms with Crippen molar-refractivity contribution in [3.05, 3.63) is 0 Å². The molecule has 0 rings (SSSR count). The topological polar surface area (TPSA) is 17.1 Å². The van der Waals surface area contributed by atoms with E-state index < -0.39 is 0 Å². The zero-order chi connectivity index (χ0) is 5.70. The van der Waals surface area contributed by atoms with Gasteiger partial charge in [-0.25, -0.2) is 0 Å². The van der Waals surface area contributed by atoms with Gasteiger partial charge in [0.05, 0.1) is 0 Å². The molecule has 0 aliphatic heterocycles. The normalized spacial score (nSPS) is 9.57. The zero-order valence-electron chi connectivity index (χ0n) is 4.85. The fourth-order valence-electron chi connectivity index (χ4n) is 0.311. The van der Waals surface area contributed by atoms with Gasteiger partial charge in [0.2, 0.25) is 0 Å². The summed E-state index contributed by atoms with van der Waals surface area (Å²) in [6.07, 6.45) is 2.83. The van der Waals surface area contributed by atoms with E-state index in [2.05, 4.69) is 13.3 Å². The molecule has 0 atom stereocenters. The molecule has 0 radical (unpaired) electrons. The number of carbonyl (C=O) groups excluding carboxylic acids is 1. The molecule has 0 aromatic carbocycles. The summed E-state index contributed by atoms with van der Waals surface area (Å²) in [5, 5.41) is 0. The quantitative estimate of drug-likeness (QED) is 0.403. The van der Waals surface area contributed by atoms with Crippen LogP contribution in [-0.4, -0.2) is 25.8 Å². The van der Waals surface area contributed by atoms with E-state index in [0.29, 0.717) is 0 Å². The van der Waals surface area contributed by atoms with Crippen molar-refractivity contribution in [3.63, 3.8) is 0 Å². The molecule has 0 aliphatic rings. The third kappa shape index (κ3) is 6.10. The molecule has 0 spiro atoms. The summed E-state index contributed by atoms with van der Waals surface area (Å²) < 4.78 is 0. The Balaban J connectivity index is 2.81. The lowest BCUT2D eigenvalue weighted by Crippen LogP contribution is -1.80. The minimum Gasteiger partial charge on any atom is -0.303 e. The molecular formula is C5H11OP. The lowest BCUT2D eigenvalue weighted by atomic mass is 10.6. The summed E-state index contributed by atoms with van der Waals surface area (Å²) in [4.78, 5) is 9.72. The molecule has 0 bridgehead atoms. The van der Waals surface area contributed by atoms with Crippen molar-refractivity contribution in [2.24, 2.45) is 0 Å². The Morgan fingerprint density at radius 1 is 1.57 bits per heavy atom. The van der Waals surface area contributed by atoms with E-state index in [0.717, 1.165) is 18.9 Å². The second-order valence-corrected chi connectivity index (χ2v) is 4.37. The van der Waals surface area contributed by atoms with Crippen molar-refractivity contribution in [3.8, 4) is 0 Å². The van der Waals surface area contributed by atoms with Gasteiger partial charge in [0.15, 0.2) is 0 Å². The molecule has 0 saturated heterocycles. The Morgan fingerprint density at radius 3 is 2.29 bits per heavy atom. The van der Waals surface area contributed by atoms with Crippen LogP contribution in [0.1, 0.15) is 6.42 Å². The average molecular weight is 118 g/mol. The summed E-state index contributed by atoms with van der Waals surface area (Å²) in [6.45, 7) is 4.36. The molecule has 0 aromatic rings.